The molecule has 0 saturated carbocycles. The van der Waals surface area contributed by atoms with Crippen molar-refractivity contribution in [1.82, 2.24) is 0 Å². The number of halogens is 1. The van der Waals surface area contributed by atoms with E-state index in [-0.39, 0.29) is 0 Å². The zero-order valence-electron chi connectivity index (χ0n) is 6.92. The molecule has 64 valence electrons. The van der Waals surface area contributed by atoms with Gasteiger partial charge in [-0.3, -0.25) is 0 Å². The van der Waals surface area contributed by atoms with E-state index in [4.69, 9.17) is 11.6 Å². The maximum Gasteiger partial charge on any atom is 0.122 e. The van der Waals surface area contributed by atoms with Crippen LogP contribution in [0.25, 0.3) is 6.08 Å². The predicted molar refractivity (Wildman–Crippen MR) is 52.6 cm³/mol. The van der Waals surface area contributed by atoms with Crippen LogP contribution in [0.2, 0.25) is 0 Å². The van der Waals surface area contributed by atoms with Crippen LogP contribution in [0.4, 0.5) is 0 Å². The Hall–Kier alpha value is -0.950. The minimum Gasteiger partial charge on any atom is -0.507 e. The van der Waals surface area contributed by atoms with Crippen LogP contribution in [-0.4, -0.2) is 11.0 Å². The standard InChI is InChI=1S/C10H11ClO/c1-8-4-5-10(12)9(7-8)3-2-6-11/h2-5,7,12H,6H2,1H3/b3-2-. The van der Waals surface area contributed by atoms with Crippen molar-refractivity contribution in [3.63, 3.8) is 0 Å². The molecule has 1 rings (SSSR count). The van der Waals surface area contributed by atoms with Crippen LogP contribution in [-0.2, 0) is 0 Å². The smallest absolute Gasteiger partial charge is 0.122 e. The highest BCUT2D eigenvalue weighted by Gasteiger charge is 1.95. The first-order valence-electron chi connectivity index (χ1n) is 3.76. The van der Waals surface area contributed by atoms with E-state index in [9.17, 15) is 5.11 Å². The fourth-order valence-electron chi connectivity index (χ4n) is 0.979. The molecule has 0 bridgehead atoms. The van der Waals surface area contributed by atoms with Gasteiger partial charge < -0.3 is 5.11 Å². The molecule has 0 aromatic heterocycles. The molecule has 0 fully saturated rings. The highest BCUT2D eigenvalue weighted by Crippen LogP contribution is 2.19. The zero-order valence-corrected chi connectivity index (χ0v) is 7.67. The molecular weight excluding hydrogens is 172 g/mol. The van der Waals surface area contributed by atoms with Crippen LogP contribution in [0.3, 0.4) is 0 Å². The van der Waals surface area contributed by atoms with Crippen LogP contribution in [0.1, 0.15) is 11.1 Å². The normalized spacial score (nSPS) is 10.8. The Morgan fingerprint density at radius 1 is 1.50 bits per heavy atom. The van der Waals surface area contributed by atoms with Crippen LogP contribution in [0.5, 0.6) is 5.75 Å². The Balaban J connectivity index is 2.97. The van der Waals surface area contributed by atoms with E-state index in [1.54, 1.807) is 12.1 Å². The first-order chi connectivity index (χ1) is 5.74. The van der Waals surface area contributed by atoms with Crippen molar-refractivity contribution in [1.29, 1.82) is 0 Å². The molecule has 0 aliphatic carbocycles. The molecule has 1 N–H and O–H groups in total. The summed E-state index contributed by atoms with van der Waals surface area (Å²) in [7, 11) is 0. The van der Waals surface area contributed by atoms with E-state index in [1.165, 1.54) is 0 Å². The average Bonchev–Trinajstić information content (AvgIpc) is 2.07. The number of hydrogen-bond donors (Lipinski definition) is 1. The van der Waals surface area contributed by atoms with Gasteiger partial charge in [-0.15, -0.1) is 11.6 Å². The molecule has 0 amide bonds. The van der Waals surface area contributed by atoms with Gasteiger partial charge in [-0.05, 0) is 19.1 Å². The monoisotopic (exact) mass is 182 g/mol. The Bertz CT molecular complexity index is 292. The van der Waals surface area contributed by atoms with Crippen LogP contribution in [0.15, 0.2) is 24.3 Å². The third kappa shape index (κ3) is 2.28. The summed E-state index contributed by atoms with van der Waals surface area (Å²) in [5.74, 6) is 0.759. The van der Waals surface area contributed by atoms with Crippen molar-refractivity contribution in [3.8, 4) is 5.75 Å². The van der Waals surface area contributed by atoms with Gasteiger partial charge in [0.05, 0.1) is 0 Å². The number of allylic oxidation sites excluding steroid dienone is 1. The summed E-state index contributed by atoms with van der Waals surface area (Å²) < 4.78 is 0. The Kier molecular flexibility index (Phi) is 3.18. The number of aromatic hydroxyl groups is 1. The fourth-order valence-corrected chi connectivity index (χ4v) is 1.07. The number of hydrogen-bond acceptors (Lipinski definition) is 1. The summed E-state index contributed by atoms with van der Waals surface area (Å²) in [6, 6.07) is 5.47. The van der Waals surface area contributed by atoms with Gasteiger partial charge in [-0.1, -0.05) is 23.8 Å². The fraction of sp³-hybridized carbons (Fsp3) is 0.200. The van der Waals surface area contributed by atoms with E-state index < -0.39 is 0 Å². The largest absolute Gasteiger partial charge is 0.507 e. The topological polar surface area (TPSA) is 20.2 Å². The molecular formula is C10H11ClO. The van der Waals surface area contributed by atoms with Crippen molar-refractivity contribution in [2.45, 2.75) is 6.92 Å². The second-order valence-electron chi connectivity index (χ2n) is 2.62. The summed E-state index contributed by atoms with van der Waals surface area (Å²) in [5.41, 5.74) is 1.94. The predicted octanol–water partition coefficient (Wildman–Crippen LogP) is 2.95. The lowest BCUT2D eigenvalue weighted by Gasteiger charge is -1.99. The van der Waals surface area contributed by atoms with Crippen molar-refractivity contribution < 1.29 is 5.11 Å². The molecule has 1 nitrogen and oxygen atoms in total. The number of rotatable bonds is 2. The Morgan fingerprint density at radius 3 is 2.92 bits per heavy atom. The van der Waals surface area contributed by atoms with Gasteiger partial charge in [-0.25, -0.2) is 0 Å². The minimum atomic E-state index is 0.293. The molecule has 12 heavy (non-hydrogen) atoms. The summed E-state index contributed by atoms with van der Waals surface area (Å²) in [6.07, 6.45) is 3.62. The van der Waals surface area contributed by atoms with E-state index in [1.807, 2.05) is 25.1 Å². The molecule has 0 heterocycles. The molecule has 0 aliphatic heterocycles. The highest BCUT2D eigenvalue weighted by molar-refractivity contribution is 6.19. The number of phenols is 1. The van der Waals surface area contributed by atoms with Crippen LogP contribution >= 0.6 is 11.6 Å². The van der Waals surface area contributed by atoms with Gasteiger partial charge in [0.15, 0.2) is 0 Å². The second-order valence-corrected chi connectivity index (χ2v) is 2.93. The third-order valence-electron chi connectivity index (χ3n) is 1.57. The van der Waals surface area contributed by atoms with Crippen molar-refractivity contribution in [3.05, 3.63) is 35.4 Å². The molecule has 1 aromatic rings. The van der Waals surface area contributed by atoms with Gasteiger partial charge in [0.25, 0.3) is 0 Å². The number of aryl methyl sites for hydroxylation is 1. The first kappa shape index (κ1) is 9.14. The SMILES string of the molecule is Cc1ccc(O)c(/C=C\CCl)c1. The number of benzene rings is 1. The molecule has 0 atom stereocenters. The van der Waals surface area contributed by atoms with Gasteiger partial charge >= 0.3 is 0 Å². The molecule has 2 heteroatoms. The maximum absolute atomic E-state index is 9.37. The van der Waals surface area contributed by atoms with Crippen LogP contribution in [0, 0.1) is 6.92 Å². The quantitative estimate of drug-likeness (QED) is 0.698. The zero-order chi connectivity index (χ0) is 8.97. The van der Waals surface area contributed by atoms with Crippen molar-refractivity contribution in [2.75, 3.05) is 5.88 Å². The lowest BCUT2D eigenvalue weighted by molar-refractivity contribution is 0.474. The summed E-state index contributed by atoms with van der Waals surface area (Å²) in [6.45, 7) is 1.98. The first-order valence-corrected chi connectivity index (χ1v) is 4.29. The van der Waals surface area contributed by atoms with Gasteiger partial charge in [-0.2, -0.15) is 0 Å². The Morgan fingerprint density at radius 2 is 2.25 bits per heavy atom. The molecule has 0 unspecified atom stereocenters. The number of alkyl halides is 1. The van der Waals surface area contributed by atoms with Crippen molar-refractivity contribution in [2.24, 2.45) is 0 Å². The van der Waals surface area contributed by atoms with Crippen LogP contribution < -0.4 is 0 Å². The molecule has 0 aliphatic rings. The number of phenolic OH excluding ortho intramolecular Hbond substituents is 1. The molecule has 0 spiro atoms. The van der Waals surface area contributed by atoms with E-state index in [2.05, 4.69) is 0 Å². The van der Waals surface area contributed by atoms with E-state index in [0.29, 0.717) is 11.6 Å². The summed E-state index contributed by atoms with van der Waals surface area (Å²) in [4.78, 5) is 0. The molecule has 0 radical (unpaired) electrons. The lowest BCUT2D eigenvalue weighted by atomic mass is 10.1. The Labute approximate surface area is 77.3 Å². The molecule has 0 saturated heterocycles. The minimum absolute atomic E-state index is 0.293. The van der Waals surface area contributed by atoms with Gasteiger partial charge in [0.2, 0.25) is 0 Å². The maximum atomic E-state index is 9.37. The van der Waals surface area contributed by atoms with E-state index in [0.717, 1.165) is 11.1 Å². The van der Waals surface area contributed by atoms with Gasteiger partial charge in [0.1, 0.15) is 5.75 Å². The summed E-state index contributed by atoms with van der Waals surface area (Å²) >= 11 is 5.48. The third-order valence-corrected chi connectivity index (χ3v) is 1.75. The second kappa shape index (κ2) is 4.17. The van der Waals surface area contributed by atoms with Crippen molar-refractivity contribution >= 4 is 17.7 Å². The molecule has 1 aromatic carbocycles. The van der Waals surface area contributed by atoms with Gasteiger partial charge in [0, 0.05) is 11.4 Å². The highest BCUT2D eigenvalue weighted by atomic mass is 35.5. The lowest BCUT2D eigenvalue weighted by Crippen LogP contribution is -1.77. The summed E-state index contributed by atoms with van der Waals surface area (Å²) in [5, 5.41) is 9.37. The average molecular weight is 183 g/mol. The van der Waals surface area contributed by atoms with E-state index >= 15 is 0 Å².